The predicted molar refractivity (Wildman–Crippen MR) is 50.0 cm³/mol. The van der Waals surface area contributed by atoms with E-state index in [1.165, 1.54) is 0 Å². The first kappa shape index (κ1) is 31.4. The smallest absolute Gasteiger partial charge is 0.750 e. The van der Waals surface area contributed by atoms with E-state index in [0.29, 0.717) is 0 Å². The molecule has 0 rings (SSSR count). The predicted octanol–water partition coefficient (Wildman–Crippen LogP) is -7.03. The third-order valence-corrected chi connectivity index (χ3v) is 1.28. The van der Waals surface area contributed by atoms with Gasteiger partial charge in [-0.1, -0.05) is 0 Å². The quantitative estimate of drug-likeness (QED) is 0.367. The topological polar surface area (TPSA) is 133 Å². The zero-order chi connectivity index (χ0) is 12.7. The Bertz CT molecular complexity index is 193. The van der Waals surface area contributed by atoms with Gasteiger partial charge in [0, 0.05) is 0 Å². The number of hydrogen-bond acceptors (Lipinski definition) is 8. The minimum atomic E-state index is -2.32. The molecule has 0 saturated heterocycles. The molecule has 13 heteroatoms. The number of hydrogen-bond donors (Lipinski definition) is 0. The molecule has 0 fully saturated rings. The molecule has 0 bridgehead atoms. The third kappa shape index (κ3) is 72.2. The van der Waals surface area contributed by atoms with Gasteiger partial charge in [-0.05, 0) is 13.8 Å². The van der Waals surface area contributed by atoms with Crippen molar-refractivity contribution in [3.8, 4) is 0 Å². The Morgan fingerprint density at radius 1 is 0.941 bits per heavy atom. The molecule has 0 saturated carbocycles. The van der Waals surface area contributed by atoms with Gasteiger partial charge >= 0.3 is 70.7 Å². The summed E-state index contributed by atoms with van der Waals surface area (Å²) in [7, 11) is 0. The van der Waals surface area contributed by atoms with E-state index >= 15 is 0 Å². The van der Waals surface area contributed by atoms with E-state index in [4.69, 9.17) is 8.42 Å². The van der Waals surface area contributed by atoms with Gasteiger partial charge in [-0.3, -0.25) is 0 Å². The fourth-order valence-corrected chi connectivity index (χ4v) is 0.577. The van der Waals surface area contributed by atoms with Gasteiger partial charge in [-0.2, -0.15) is 8.42 Å². The molecule has 0 N–H and O–H groups in total. The number of rotatable bonds is 4. The fraction of sp³-hybridized carbons (Fsp3) is 1.00. The maximum atomic E-state index is 9.38. The molecule has 17 heavy (non-hydrogen) atoms. The molecular formula is C4H10Na2O8S3. The van der Waals surface area contributed by atoms with Crippen LogP contribution in [0.25, 0.3) is 0 Å². The van der Waals surface area contributed by atoms with E-state index in [2.05, 4.69) is 8.37 Å². The first-order valence-corrected chi connectivity index (χ1v) is 5.99. The van der Waals surface area contributed by atoms with Crippen LogP contribution in [0.5, 0.6) is 0 Å². The molecule has 2 unspecified atom stereocenters. The Balaban J connectivity index is -0.0000000421. The van der Waals surface area contributed by atoms with Crippen molar-refractivity contribution in [2.75, 3.05) is 13.2 Å². The van der Waals surface area contributed by atoms with Gasteiger partial charge in [0.15, 0.2) is 0 Å². The first-order valence-electron chi connectivity index (χ1n) is 3.32. The van der Waals surface area contributed by atoms with Crippen molar-refractivity contribution in [2.24, 2.45) is 0 Å². The summed E-state index contributed by atoms with van der Waals surface area (Å²) in [4.78, 5) is 0. The van der Waals surface area contributed by atoms with E-state index in [0.717, 1.165) is 0 Å². The van der Waals surface area contributed by atoms with Crippen molar-refractivity contribution in [1.29, 1.82) is 0 Å². The minimum Gasteiger partial charge on any atom is -0.750 e. The molecule has 94 valence electrons. The average Bonchev–Trinajstić information content (AvgIpc) is 2.05. The molecule has 2 atom stereocenters. The standard InChI is InChI=1S/2C2H6O3S.2Na.O2S/c2*1-2-5-6(3)4;;;1-3-2/h2*2H2,1H3,(H,3,4);;;/q;;2*+1;/p-2. The maximum Gasteiger partial charge on any atom is 1.00 e. The molecule has 0 amide bonds. The van der Waals surface area contributed by atoms with E-state index in [-0.39, 0.29) is 72.3 Å². The van der Waals surface area contributed by atoms with Crippen molar-refractivity contribution in [2.45, 2.75) is 13.8 Å². The molecule has 0 spiro atoms. The second-order valence-corrected chi connectivity index (χ2v) is 2.71. The van der Waals surface area contributed by atoms with Crippen LogP contribution >= 0.6 is 0 Å². The van der Waals surface area contributed by atoms with Gasteiger partial charge in [-0.15, -0.1) is 0 Å². The maximum absolute atomic E-state index is 9.38. The monoisotopic (exact) mass is 328 g/mol. The van der Waals surface area contributed by atoms with Crippen LogP contribution < -0.4 is 59.1 Å². The van der Waals surface area contributed by atoms with Crippen LogP contribution in [0.1, 0.15) is 13.8 Å². The third-order valence-electron chi connectivity index (χ3n) is 0.428. The minimum absolute atomic E-state index is 0. The summed E-state index contributed by atoms with van der Waals surface area (Å²) in [5.74, 6) is 0. The molecule has 0 aliphatic heterocycles. The van der Waals surface area contributed by atoms with Crippen molar-refractivity contribution in [3.63, 3.8) is 0 Å². The summed E-state index contributed by atoms with van der Waals surface area (Å²) in [6.45, 7) is 3.65. The Hall–Kier alpha value is 1.96. The average molecular weight is 328 g/mol. The Kier molecular flexibility index (Phi) is 56.8. The van der Waals surface area contributed by atoms with Crippen molar-refractivity contribution in [1.82, 2.24) is 0 Å². The second-order valence-electron chi connectivity index (χ2n) is 1.29. The van der Waals surface area contributed by atoms with Gasteiger partial charge in [0.1, 0.15) is 0 Å². The summed E-state index contributed by atoms with van der Waals surface area (Å²) in [5.41, 5.74) is 0. The van der Waals surface area contributed by atoms with Crippen LogP contribution in [0.2, 0.25) is 0 Å². The zero-order valence-electron chi connectivity index (χ0n) is 9.90. The van der Waals surface area contributed by atoms with Crippen molar-refractivity contribution < 1.29 is 93.4 Å². The molecule has 0 heterocycles. The molecule has 8 nitrogen and oxygen atoms in total. The van der Waals surface area contributed by atoms with E-state index in [1.54, 1.807) is 13.8 Å². The summed E-state index contributed by atoms with van der Waals surface area (Å²) >= 11 is -5.38. The summed E-state index contributed by atoms with van der Waals surface area (Å²) in [6.07, 6.45) is 0. The second kappa shape index (κ2) is 30.8. The van der Waals surface area contributed by atoms with E-state index < -0.39 is 34.3 Å². The van der Waals surface area contributed by atoms with Crippen LogP contribution in [-0.4, -0.2) is 39.2 Å². The van der Waals surface area contributed by atoms with E-state index in [9.17, 15) is 17.5 Å². The molecule has 0 aromatic heterocycles. The van der Waals surface area contributed by atoms with Gasteiger partial charge in [-0.25, -0.2) is 8.42 Å². The van der Waals surface area contributed by atoms with Crippen LogP contribution in [-0.2, 0) is 42.7 Å². The van der Waals surface area contributed by atoms with Crippen molar-refractivity contribution >= 4 is 34.3 Å². The Labute approximate surface area is 153 Å². The molecule has 0 aliphatic carbocycles. The summed E-state index contributed by atoms with van der Waals surface area (Å²) < 4.78 is 62.0. The van der Waals surface area contributed by atoms with Crippen LogP contribution in [0.3, 0.4) is 0 Å². The first-order chi connectivity index (χ1) is 6.95. The molecular weight excluding hydrogens is 318 g/mol. The largest absolute Gasteiger partial charge is 1.00 e. The van der Waals surface area contributed by atoms with Gasteiger partial charge in [0.05, 0.1) is 35.9 Å². The molecule has 0 aromatic carbocycles. The van der Waals surface area contributed by atoms with Crippen LogP contribution in [0, 0.1) is 0 Å². The normalized spacial score (nSPS) is 10.8. The van der Waals surface area contributed by atoms with Crippen LogP contribution in [0.15, 0.2) is 0 Å². The summed E-state index contributed by atoms with van der Waals surface area (Å²) in [6, 6.07) is 0. The fourth-order valence-electron chi connectivity index (χ4n) is 0.192. The Morgan fingerprint density at radius 2 is 1.12 bits per heavy atom. The Morgan fingerprint density at radius 3 is 1.12 bits per heavy atom. The molecule has 0 aromatic rings. The van der Waals surface area contributed by atoms with Gasteiger partial charge < -0.3 is 17.5 Å². The van der Waals surface area contributed by atoms with Gasteiger partial charge in [0.25, 0.3) is 0 Å². The molecule has 0 aliphatic rings. The van der Waals surface area contributed by atoms with Crippen LogP contribution in [0.4, 0.5) is 0 Å². The summed E-state index contributed by atoms with van der Waals surface area (Å²) in [5, 5.41) is 0. The van der Waals surface area contributed by atoms with Crippen molar-refractivity contribution in [3.05, 3.63) is 0 Å². The molecule has 0 radical (unpaired) electrons. The van der Waals surface area contributed by atoms with E-state index in [1.807, 2.05) is 0 Å². The SMILES string of the molecule is CCOS(=O)[O-].CCOS(=O)[O-].O=S=O.[Na+].[Na+]. The van der Waals surface area contributed by atoms with Gasteiger partial charge in [0.2, 0.25) is 0 Å². The zero-order valence-corrected chi connectivity index (χ0v) is 16.4.